The lowest BCUT2D eigenvalue weighted by Crippen LogP contribution is -2.33. The number of hydrogen-bond donors (Lipinski definition) is 1. The molecular weight excluding hydrogens is 355 g/mol. The van der Waals surface area contributed by atoms with Crippen molar-refractivity contribution in [3.05, 3.63) is 45.3 Å². The number of H-pyrrole nitrogens is 1. The van der Waals surface area contributed by atoms with E-state index in [1.165, 1.54) is 16.8 Å². The Labute approximate surface area is 142 Å². The van der Waals surface area contributed by atoms with Crippen molar-refractivity contribution in [2.45, 2.75) is 24.4 Å². The minimum absolute atomic E-state index is 0.285. The van der Waals surface area contributed by atoms with E-state index in [0.717, 1.165) is 21.3 Å². The van der Waals surface area contributed by atoms with Gasteiger partial charge in [-0.05, 0) is 0 Å². The van der Waals surface area contributed by atoms with Crippen LogP contribution in [0.4, 0.5) is 0 Å². The van der Waals surface area contributed by atoms with Gasteiger partial charge in [-0.25, -0.2) is 9.59 Å². The second kappa shape index (κ2) is 7.92. The molecule has 3 atom stereocenters. The molecule has 1 aromatic heterocycles. The van der Waals surface area contributed by atoms with Crippen molar-refractivity contribution >= 4 is 13.6 Å². The van der Waals surface area contributed by atoms with Gasteiger partial charge in [0.1, 0.15) is 0 Å². The average molecular weight is 374 g/mol. The molecule has 0 fully saturated rings. The molecule has 0 saturated carbocycles. The van der Waals surface area contributed by atoms with Gasteiger partial charge in [0.25, 0.3) is 11.4 Å². The number of hydrogen-bond acceptors (Lipinski definition) is 8. The van der Waals surface area contributed by atoms with E-state index in [2.05, 4.69) is 9.72 Å². The van der Waals surface area contributed by atoms with Gasteiger partial charge < -0.3 is 18.5 Å². The van der Waals surface area contributed by atoms with Crippen molar-refractivity contribution in [2.75, 3.05) is 21.3 Å². The Morgan fingerprint density at radius 3 is 2.52 bits per heavy atom. The fourth-order valence-corrected chi connectivity index (χ4v) is 3.64. The molecule has 1 unspecified atom stereocenters. The number of methoxy groups -OCH3 is 1. The zero-order valence-electron chi connectivity index (χ0n) is 13.9. The topological polar surface area (TPSA) is 126 Å². The number of aromatic amines is 1. The fraction of sp³-hybridized carbons (Fsp3) is 0.500. The largest absolute Gasteiger partial charge is 0.467 e. The molecule has 11 heteroatoms. The molecule has 0 saturated heterocycles. The lowest BCUT2D eigenvalue weighted by molar-refractivity contribution is -0.151. The zero-order valence-corrected chi connectivity index (χ0v) is 14.8. The average Bonchev–Trinajstić information content (AvgIpc) is 3.06. The summed E-state index contributed by atoms with van der Waals surface area (Å²) in [5.41, 5.74) is -1.06. The molecule has 0 radical (unpaired) electrons. The van der Waals surface area contributed by atoms with E-state index in [1.54, 1.807) is 12.2 Å². The minimum Gasteiger partial charge on any atom is -0.467 e. The van der Waals surface area contributed by atoms with Crippen LogP contribution in [-0.2, 0) is 27.9 Å². The first-order valence-corrected chi connectivity index (χ1v) is 8.90. The van der Waals surface area contributed by atoms with E-state index in [-0.39, 0.29) is 6.42 Å². The van der Waals surface area contributed by atoms with Crippen molar-refractivity contribution in [2.24, 2.45) is 0 Å². The molecule has 1 aromatic rings. The molecule has 1 aliphatic rings. The Balaban J connectivity index is 2.16. The third-order valence-corrected chi connectivity index (χ3v) is 5.66. The number of allylic oxidation sites excluding steroid dienone is 1. The van der Waals surface area contributed by atoms with Gasteiger partial charge in [0.05, 0.1) is 19.3 Å². The number of rotatable bonds is 7. The molecule has 0 amide bonds. The number of carbonyl (C=O) groups excluding carboxylic acids is 1. The predicted octanol–water partition coefficient (Wildman–Crippen LogP) is 0.408. The molecule has 0 aliphatic heterocycles. The SMILES string of the molecule is COC(=O)C(O[C@@H]1C=C[C@H](n2ccc(=O)[nH]c2=O)C1)P(=O)(OC)OC. The number of nitrogens with one attached hydrogen (secondary N) is 1. The highest BCUT2D eigenvalue weighted by Gasteiger charge is 2.44. The Morgan fingerprint density at radius 1 is 1.28 bits per heavy atom. The van der Waals surface area contributed by atoms with Crippen LogP contribution >= 0.6 is 7.60 Å². The number of carbonyl (C=O) groups is 1. The summed E-state index contributed by atoms with van der Waals surface area (Å²) >= 11 is 0. The van der Waals surface area contributed by atoms with Crippen LogP contribution < -0.4 is 11.2 Å². The summed E-state index contributed by atoms with van der Waals surface area (Å²) in [5.74, 6) is -2.46. The van der Waals surface area contributed by atoms with E-state index in [0.29, 0.717) is 0 Å². The minimum atomic E-state index is -3.87. The second-order valence-corrected chi connectivity index (χ2v) is 7.44. The molecule has 0 spiro atoms. The maximum Gasteiger partial charge on any atom is 0.370 e. The van der Waals surface area contributed by atoms with Crippen molar-refractivity contribution in [3.63, 3.8) is 0 Å². The molecule has 0 aromatic carbocycles. The summed E-state index contributed by atoms with van der Waals surface area (Å²) < 4.78 is 33.6. The maximum absolute atomic E-state index is 12.5. The number of ether oxygens (including phenoxy) is 2. The van der Waals surface area contributed by atoms with E-state index in [4.69, 9.17) is 13.8 Å². The quantitative estimate of drug-likeness (QED) is 0.413. The van der Waals surface area contributed by atoms with Crippen molar-refractivity contribution in [1.82, 2.24) is 9.55 Å². The predicted molar refractivity (Wildman–Crippen MR) is 86.4 cm³/mol. The van der Waals surface area contributed by atoms with Gasteiger partial charge in [0, 0.05) is 32.9 Å². The van der Waals surface area contributed by atoms with E-state index in [1.807, 2.05) is 0 Å². The Morgan fingerprint density at radius 2 is 1.96 bits per heavy atom. The summed E-state index contributed by atoms with van der Waals surface area (Å²) in [6, 6.07) is 0.835. The van der Waals surface area contributed by atoms with Crippen LogP contribution in [0.3, 0.4) is 0 Å². The summed E-state index contributed by atoms with van der Waals surface area (Å²) in [5, 5.41) is 0. The maximum atomic E-state index is 12.5. The monoisotopic (exact) mass is 374 g/mol. The summed E-state index contributed by atoms with van der Waals surface area (Å²) in [6.45, 7) is 0. The van der Waals surface area contributed by atoms with Gasteiger partial charge >= 0.3 is 19.3 Å². The molecule has 0 bridgehead atoms. The first-order chi connectivity index (χ1) is 11.8. The van der Waals surface area contributed by atoms with Crippen LogP contribution in [0.5, 0.6) is 0 Å². The van der Waals surface area contributed by atoms with E-state index in [9.17, 15) is 18.9 Å². The molecule has 138 valence electrons. The highest BCUT2D eigenvalue weighted by atomic mass is 31.2. The lowest BCUT2D eigenvalue weighted by atomic mass is 10.2. The molecule has 1 heterocycles. The van der Waals surface area contributed by atoms with E-state index >= 15 is 0 Å². The van der Waals surface area contributed by atoms with Crippen LogP contribution in [0.2, 0.25) is 0 Å². The molecule has 2 rings (SSSR count). The smallest absolute Gasteiger partial charge is 0.370 e. The highest BCUT2D eigenvalue weighted by Crippen LogP contribution is 2.53. The van der Waals surface area contributed by atoms with Crippen LogP contribution in [0.15, 0.2) is 34.0 Å². The molecule has 25 heavy (non-hydrogen) atoms. The normalized spacial score (nSPS) is 21.2. The number of esters is 1. The number of aromatic nitrogens is 2. The standard InChI is InChI=1S/C14H19N2O8P/c1-21-12(18)13(25(20,22-2)23-3)24-10-5-4-9(8-10)16-7-6-11(17)15-14(16)19/h4-7,9-10,13H,8H2,1-3H3,(H,15,17,19)/t9-,10+,13?/m0/s1. The third kappa shape index (κ3) is 4.16. The number of nitrogens with zero attached hydrogens (tertiary/aromatic N) is 1. The Bertz CT molecular complexity index is 806. The molecule has 1 aliphatic carbocycles. The molecule has 10 nitrogen and oxygen atoms in total. The zero-order chi connectivity index (χ0) is 18.6. The first kappa shape index (κ1) is 19.3. The van der Waals surface area contributed by atoms with Crippen molar-refractivity contribution in [1.29, 1.82) is 0 Å². The Hall–Kier alpha value is -2.00. The Kier molecular flexibility index (Phi) is 6.12. The van der Waals surface area contributed by atoms with Gasteiger partial charge in [-0.1, -0.05) is 12.2 Å². The summed E-state index contributed by atoms with van der Waals surface area (Å²) in [6.07, 6.45) is 4.32. The van der Waals surface area contributed by atoms with Gasteiger partial charge in [0.15, 0.2) is 0 Å². The van der Waals surface area contributed by atoms with Crippen LogP contribution in [0.1, 0.15) is 12.5 Å². The fourth-order valence-electron chi connectivity index (χ4n) is 2.43. The van der Waals surface area contributed by atoms with Crippen LogP contribution in [0.25, 0.3) is 0 Å². The highest BCUT2D eigenvalue weighted by molar-refractivity contribution is 7.55. The summed E-state index contributed by atoms with van der Waals surface area (Å²) in [7, 11) is -0.473. The van der Waals surface area contributed by atoms with Crippen molar-refractivity contribution in [3.8, 4) is 0 Å². The van der Waals surface area contributed by atoms with Crippen LogP contribution in [-0.4, -0.2) is 48.8 Å². The van der Waals surface area contributed by atoms with Gasteiger partial charge in [-0.3, -0.25) is 18.9 Å². The lowest BCUT2D eigenvalue weighted by Gasteiger charge is -2.25. The first-order valence-electron chi connectivity index (χ1n) is 7.29. The van der Waals surface area contributed by atoms with Gasteiger partial charge in [-0.15, -0.1) is 0 Å². The molecular formula is C14H19N2O8P. The van der Waals surface area contributed by atoms with E-state index < -0.39 is 42.8 Å². The third-order valence-electron chi connectivity index (χ3n) is 3.73. The molecule has 1 N–H and O–H groups in total. The van der Waals surface area contributed by atoms with Crippen LogP contribution in [0, 0.1) is 0 Å². The van der Waals surface area contributed by atoms with Crippen molar-refractivity contribution < 1.29 is 27.9 Å². The second-order valence-electron chi connectivity index (χ2n) is 5.16. The van der Waals surface area contributed by atoms with Gasteiger partial charge in [-0.2, -0.15) is 0 Å². The summed E-state index contributed by atoms with van der Waals surface area (Å²) in [4.78, 5) is 37.0. The van der Waals surface area contributed by atoms with Gasteiger partial charge in [0.2, 0.25) is 0 Å².